The van der Waals surface area contributed by atoms with Crippen molar-refractivity contribution in [3.8, 4) is 0 Å². The molecule has 2 aliphatic heterocycles. The number of hydrogen-bond acceptors (Lipinski definition) is 3. The number of carbonyl (C=O) groups is 1. The Balaban J connectivity index is 1.49. The fourth-order valence-electron chi connectivity index (χ4n) is 3.48. The van der Waals surface area contributed by atoms with Crippen LogP contribution in [0.15, 0.2) is 30.7 Å². The van der Waals surface area contributed by atoms with E-state index in [9.17, 15) is 4.79 Å². The third-order valence-corrected chi connectivity index (χ3v) is 4.44. The van der Waals surface area contributed by atoms with E-state index < -0.39 is 0 Å². The number of fused-ring (bicyclic) bond motifs is 3. The summed E-state index contributed by atoms with van der Waals surface area (Å²) in [5.74, 6) is 0.696. The summed E-state index contributed by atoms with van der Waals surface area (Å²) in [6.07, 6.45) is 7.85. The van der Waals surface area contributed by atoms with Gasteiger partial charge in [-0.3, -0.25) is 4.79 Å². The van der Waals surface area contributed by atoms with Gasteiger partial charge >= 0.3 is 0 Å². The minimum atomic E-state index is -0.0619. The first-order chi connectivity index (χ1) is 9.78. The van der Waals surface area contributed by atoms with E-state index in [2.05, 4.69) is 15.2 Å². The van der Waals surface area contributed by atoms with Crippen molar-refractivity contribution in [3.05, 3.63) is 36.4 Å². The minimum absolute atomic E-state index is 0.0619. The lowest BCUT2D eigenvalue weighted by Gasteiger charge is -2.30. The highest BCUT2D eigenvalue weighted by molar-refractivity contribution is 5.92. The summed E-state index contributed by atoms with van der Waals surface area (Å²) in [5, 5.41) is 3.14. The molecular weight excluding hydrogens is 252 g/mol. The average molecular weight is 270 g/mol. The molecule has 0 radical (unpaired) electrons. The molecule has 1 amide bonds. The average Bonchev–Trinajstić information content (AvgIpc) is 3.04. The van der Waals surface area contributed by atoms with Crippen LogP contribution in [0.5, 0.6) is 0 Å². The van der Waals surface area contributed by atoms with E-state index in [0.717, 1.165) is 24.4 Å². The van der Waals surface area contributed by atoms with E-state index in [4.69, 9.17) is 0 Å². The van der Waals surface area contributed by atoms with E-state index in [-0.39, 0.29) is 11.9 Å². The predicted octanol–water partition coefficient (Wildman–Crippen LogP) is 1.16. The zero-order valence-electron chi connectivity index (χ0n) is 11.3. The highest BCUT2D eigenvalue weighted by Crippen LogP contribution is 2.26. The fraction of sp³-hybridized carbons (Fsp3) is 0.467. The molecule has 104 valence electrons. The van der Waals surface area contributed by atoms with E-state index in [1.54, 1.807) is 12.4 Å². The first-order valence-electron chi connectivity index (χ1n) is 7.24. The van der Waals surface area contributed by atoms with Crippen LogP contribution in [-0.2, 0) is 0 Å². The van der Waals surface area contributed by atoms with Gasteiger partial charge in [0, 0.05) is 31.5 Å². The summed E-state index contributed by atoms with van der Waals surface area (Å²) >= 11 is 0. The maximum absolute atomic E-state index is 12.3. The quantitative estimate of drug-likeness (QED) is 0.891. The van der Waals surface area contributed by atoms with Gasteiger partial charge in [-0.05, 0) is 37.4 Å². The molecule has 2 aliphatic rings. The second-order valence-electron chi connectivity index (χ2n) is 5.93. The SMILES string of the molecule is O=C(N[C@@H]1C[C@H]2CCN(C2)C1)c1cn2cccc2cn1. The molecule has 5 nitrogen and oxygen atoms in total. The Bertz CT molecular complexity index is 638. The number of piperidine rings is 1. The predicted molar refractivity (Wildman–Crippen MR) is 75.6 cm³/mol. The third-order valence-electron chi connectivity index (χ3n) is 4.44. The van der Waals surface area contributed by atoms with Gasteiger partial charge in [0.05, 0.1) is 11.7 Å². The van der Waals surface area contributed by atoms with Gasteiger partial charge in [0.1, 0.15) is 5.69 Å². The summed E-state index contributed by atoms with van der Waals surface area (Å²) in [5.41, 5.74) is 1.49. The van der Waals surface area contributed by atoms with Crippen LogP contribution in [-0.4, -0.2) is 45.9 Å². The second-order valence-corrected chi connectivity index (χ2v) is 5.93. The zero-order valence-corrected chi connectivity index (χ0v) is 11.3. The molecule has 2 bridgehead atoms. The van der Waals surface area contributed by atoms with Crippen LogP contribution in [0.4, 0.5) is 0 Å². The Labute approximate surface area is 117 Å². The lowest BCUT2D eigenvalue weighted by Crippen LogP contribution is -2.47. The number of nitrogens with zero attached hydrogens (tertiary/aromatic N) is 3. The molecule has 1 unspecified atom stereocenters. The van der Waals surface area contributed by atoms with Gasteiger partial charge in [-0.15, -0.1) is 0 Å². The number of aromatic nitrogens is 2. The van der Waals surface area contributed by atoms with E-state index >= 15 is 0 Å². The molecule has 2 fully saturated rings. The maximum atomic E-state index is 12.3. The molecule has 5 heteroatoms. The molecule has 0 spiro atoms. The first kappa shape index (κ1) is 11.9. The van der Waals surface area contributed by atoms with Crippen LogP contribution in [0.2, 0.25) is 0 Å². The van der Waals surface area contributed by atoms with Gasteiger partial charge in [0.2, 0.25) is 0 Å². The maximum Gasteiger partial charge on any atom is 0.271 e. The van der Waals surface area contributed by atoms with Crippen molar-refractivity contribution < 1.29 is 4.79 Å². The smallest absolute Gasteiger partial charge is 0.271 e. The Morgan fingerprint density at radius 1 is 1.40 bits per heavy atom. The van der Waals surface area contributed by atoms with Crippen molar-refractivity contribution in [2.45, 2.75) is 18.9 Å². The van der Waals surface area contributed by atoms with Gasteiger partial charge in [-0.1, -0.05) is 0 Å². The number of rotatable bonds is 2. The van der Waals surface area contributed by atoms with E-state index in [1.165, 1.54) is 19.5 Å². The Morgan fingerprint density at radius 3 is 3.25 bits per heavy atom. The van der Waals surface area contributed by atoms with Crippen molar-refractivity contribution in [1.29, 1.82) is 0 Å². The van der Waals surface area contributed by atoms with Crippen LogP contribution >= 0.6 is 0 Å². The van der Waals surface area contributed by atoms with Crippen molar-refractivity contribution >= 4 is 11.4 Å². The van der Waals surface area contributed by atoms with Gasteiger partial charge in [-0.2, -0.15) is 0 Å². The molecule has 2 aromatic heterocycles. The van der Waals surface area contributed by atoms with Crippen molar-refractivity contribution in [3.63, 3.8) is 0 Å². The van der Waals surface area contributed by atoms with Gasteiger partial charge < -0.3 is 14.6 Å². The zero-order chi connectivity index (χ0) is 13.5. The van der Waals surface area contributed by atoms with Gasteiger partial charge in [0.15, 0.2) is 0 Å². The van der Waals surface area contributed by atoms with Gasteiger partial charge in [0.25, 0.3) is 5.91 Å². The number of nitrogens with one attached hydrogen (secondary N) is 1. The molecule has 0 aromatic carbocycles. The van der Waals surface area contributed by atoms with E-state index in [0.29, 0.717) is 5.69 Å². The van der Waals surface area contributed by atoms with Crippen LogP contribution < -0.4 is 5.32 Å². The molecular formula is C15H18N4O. The third kappa shape index (κ3) is 2.08. The molecule has 4 rings (SSSR count). The first-order valence-corrected chi connectivity index (χ1v) is 7.24. The monoisotopic (exact) mass is 270 g/mol. The molecule has 1 N–H and O–H groups in total. The van der Waals surface area contributed by atoms with Crippen molar-refractivity contribution in [1.82, 2.24) is 19.6 Å². The van der Waals surface area contributed by atoms with Crippen LogP contribution in [0.3, 0.4) is 0 Å². The molecule has 0 saturated carbocycles. The van der Waals surface area contributed by atoms with Crippen LogP contribution in [0.1, 0.15) is 23.3 Å². The van der Waals surface area contributed by atoms with Crippen molar-refractivity contribution in [2.24, 2.45) is 5.92 Å². The van der Waals surface area contributed by atoms with Gasteiger partial charge in [-0.25, -0.2) is 4.98 Å². The number of amides is 1. The minimum Gasteiger partial charge on any atom is -0.347 e. The van der Waals surface area contributed by atoms with Crippen LogP contribution in [0, 0.1) is 5.92 Å². The fourth-order valence-corrected chi connectivity index (χ4v) is 3.48. The summed E-state index contributed by atoms with van der Waals surface area (Å²) in [6.45, 7) is 3.37. The molecule has 3 atom stereocenters. The molecule has 0 aliphatic carbocycles. The number of hydrogen-bond donors (Lipinski definition) is 1. The van der Waals surface area contributed by atoms with Crippen molar-refractivity contribution in [2.75, 3.05) is 19.6 Å². The standard InChI is InChI=1S/C15H18N4O/c20-15(14-10-19-4-1-2-13(19)7-16-14)17-12-6-11-3-5-18(8-11)9-12/h1-2,4,7,10-12H,3,5-6,8-9H2,(H,17,20)/t11-,12-/m1/s1. The molecule has 2 saturated heterocycles. The topological polar surface area (TPSA) is 49.6 Å². The largest absolute Gasteiger partial charge is 0.347 e. The summed E-state index contributed by atoms with van der Waals surface area (Å²) in [6, 6.07) is 4.19. The summed E-state index contributed by atoms with van der Waals surface area (Å²) in [7, 11) is 0. The highest BCUT2D eigenvalue weighted by atomic mass is 16.2. The Morgan fingerprint density at radius 2 is 2.35 bits per heavy atom. The molecule has 2 aromatic rings. The lowest BCUT2D eigenvalue weighted by atomic mass is 9.97. The van der Waals surface area contributed by atoms with E-state index in [1.807, 2.05) is 22.7 Å². The molecule has 20 heavy (non-hydrogen) atoms. The molecule has 4 heterocycles. The highest BCUT2D eigenvalue weighted by Gasteiger charge is 2.33. The normalized spacial score (nSPS) is 28.7. The Kier molecular flexibility index (Phi) is 2.73. The number of carbonyl (C=O) groups excluding carboxylic acids is 1. The lowest BCUT2D eigenvalue weighted by molar-refractivity contribution is 0.0904. The summed E-state index contributed by atoms with van der Waals surface area (Å²) < 4.78 is 1.93. The summed E-state index contributed by atoms with van der Waals surface area (Å²) in [4.78, 5) is 19.0. The Hall–Kier alpha value is -1.88. The second kappa shape index (κ2) is 4.59. The van der Waals surface area contributed by atoms with Crippen LogP contribution in [0.25, 0.3) is 5.52 Å².